The second kappa shape index (κ2) is 5.87. The molecule has 4 nitrogen and oxygen atoms in total. The summed E-state index contributed by atoms with van der Waals surface area (Å²) in [7, 11) is 0. The normalized spacial score (nSPS) is 12.7. The Morgan fingerprint density at radius 2 is 1.78 bits per heavy atom. The highest BCUT2D eigenvalue weighted by atomic mass is 16.4. The van der Waals surface area contributed by atoms with Crippen molar-refractivity contribution in [3.8, 4) is 5.75 Å². The monoisotopic (exact) mass is 251 g/mol. The number of aromatic hydroxyl groups is 1. The maximum absolute atomic E-state index is 11.0. The maximum Gasteiger partial charge on any atom is 0.320 e. The molecule has 0 fully saturated rings. The molecule has 1 aromatic rings. The lowest BCUT2D eigenvalue weighted by Crippen LogP contribution is -2.40. The number of hydrogen-bond donors (Lipinski definition) is 3. The van der Waals surface area contributed by atoms with Crippen molar-refractivity contribution in [3.05, 3.63) is 28.8 Å². The third-order valence-electron chi connectivity index (χ3n) is 3.01. The molecule has 0 aliphatic rings. The summed E-state index contributed by atoms with van der Waals surface area (Å²) < 4.78 is 0. The zero-order valence-electron chi connectivity index (χ0n) is 11.3. The standard InChI is InChI=1S/C14H21NO3/c1-8(2)12(14(17)18)15-7-11-5-9(3)13(16)10(4)6-11/h5-6,8,12,15-16H,7H2,1-4H3,(H,17,18). The van der Waals surface area contributed by atoms with E-state index in [9.17, 15) is 9.90 Å². The SMILES string of the molecule is Cc1cc(CNC(C(=O)O)C(C)C)cc(C)c1O. The molecule has 0 heterocycles. The zero-order valence-corrected chi connectivity index (χ0v) is 11.3. The Morgan fingerprint density at radius 3 is 2.17 bits per heavy atom. The molecule has 1 aromatic carbocycles. The lowest BCUT2D eigenvalue weighted by molar-refractivity contribution is -0.140. The molecule has 0 saturated heterocycles. The number of carbonyl (C=O) groups is 1. The van der Waals surface area contributed by atoms with E-state index < -0.39 is 12.0 Å². The number of aryl methyl sites for hydroxylation is 2. The average molecular weight is 251 g/mol. The largest absolute Gasteiger partial charge is 0.507 e. The van der Waals surface area contributed by atoms with Crippen molar-refractivity contribution < 1.29 is 15.0 Å². The van der Waals surface area contributed by atoms with Gasteiger partial charge >= 0.3 is 5.97 Å². The number of phenolic OH excluding ortho intramolecular Hbond substituents is 1. The van der Waals surface area contributed by atoms with Crippen LogP contribution in [0.1, 0.15) is 30.5 Å². The van der Waals surface area contributed by atoms with Gasteiger partial charge in [0.05, 0.1) is 0 Å². The van der Waals surface area contributed by atoms with E-state index in [0.717, 1.165) is 16.7 Å². The van der Waals surface area contributed by atoms with E-state index in [0.29, 0.717) is 12.3 Å². The van der Waals surface area contributed by atoms with Gasteiger partial charge in [0.1, 0.15) is 11.8 Å². The summed E-state index contributed by atoms with van der Waals surface area (Å²) in [6, 6.07) is 3.18. The minimum absolute atomic E-state index is 0.0295. The van der Waals surface area contributed by atoms with Crippen LogP contribution in [0.2, 0.25) is 0 Å². The van der Waals surface area contributed by atoms with Crippen molar-refractivity contribution in [1.82, 2.24) is 5.32 Å². The van der Waals surface area contributed by atoms with E-state index in [4.69, 9.17) is 5.11 Å². The van der Waals surface area contributed by atoms with Crippen LogP contribution in [0, 0.1) is 19.8 Å². The van der Waals surface area contributed by atoms with Crippen molar-refractivity contribution >= 4 is 5.97 Å². The highest BCUT2D eigenvalue weighted by Crippen LogP contribution is 2.22. The molecule has 0 saturated carbocycles. The van der Waals surface area contributed by atoms with Crippen molar-refractivity contribution in [2.45, 2.75) is 40.3 Å². The molecular formula is C14H21NO3. The van der Waals surface area contributed by atoms with Gasteiger partial charge in [0.25, 0.3) is 0 Å². The Bertz CT molecular complexity index is 418. The number of carboxylic acids is 1. The van der Waals surface area contributed by atoms with Crippen LogP contribution in [-0.2, 0) is 11.3 Å². The van der Waals surface area contributed by atoms with Gasteiger partial charge in [0, 0.05) is 6.54 Å². The predicted molar refractivity (Wildman–Crippen MR) is 70.7 cm³/mol. The average Bonchev–Trinajstić information content (AvgIpc) is 2.24. The second-order valence-corrected chi connectivity index (χ2v) is 5.02. The first-order valence-electron chi connectivity index (χ1n) is 6.08. The van der Waals surface area contributed by atoms with Gasteiger partial charge in [-0.1, -0.05) is 26.0 Å². The van der Waals surface area contributed by atoms with E-state index in [1.165, 1.54) is 0 Å². The predicted octanol–water partition coefficient (Wildman–Crippen LogP) is 2.21. The first kappa shape index (κ1) is 14.5. The lowest BCUT2D eigenvalue weighted by atomic mass is 10.0. The van der Waals surface area contributed by atoms with Gasteiger partial charge in [0.15, 0.2) is 0 Å². The molecule has 1 atom stereocenters. The van der Waals surface area contributed by atoms with E-state index in [1.54, 1.807) is 0 Å². The molecule has 1 unspecified atom stereocenters. The smallest absolute Gasteiger partial charge is 0.320 e. The molecule has 0 bridgehead atoms. The fourth-order valence-electron chi connectivity index (χ4n) is 1.98. The molecule has 18 heavy (non-hydrogen) atoms. The summed E-state index contributed by atoms with van der Waals surface area (Å²) in [5.41, 5.74) is 2.60. The van der Waals surface area contributed by atoms with Crippen molar-refractivity contribution in [3.63, 3.8) is 0 Å². The first-order chi connectivity index (χ1) is 8.32. The van der Waals surface area contributed by atoms with Crippen LogP contribution in [0.25, 0.3) is 0 Å². The Hall–Kier alpha value is -1.55. The third kappa shape index (κ3) is 3.47. The maximum atomic E-state index is 11.0. The van der Waals surface area contributed by atoms with Crippen molar-refractivity contribution in [1.29, 1.82) is 0 Å². The van der Waals surface area contributed by atoms with Gasteiger partial charge in [0.2, 0.25) is 0 Å². The molecular weight excluding hydrogens is 230 g/mol. The molecule has 0 spiro atoms. The molecule has 0 amide bonds. The molecule has 1 rings (SSSR count). The number of benzene rings is 1. The number of carboxylic acid groups (broad SMARTS) is 1. The fourth-order valence-corrected chi connectivity index (χ4v) is 1.98. The summed E-state index contributed by atoms with van der Waals surface area (Å²) >= 11 is 0. The summed E-state index contributed by atoms with van der Waals surface area (Å²) in [5, 5.41) is 21.8. The Morgan fingerprint density at radius 1 is 1.28 bits per heavy atom. The van der Waals surface area contributed by atoms with Gasteiger partial charge in [-0.2, -0.15) is 0 Å². The highest BCUT2D eigenvalue weighted by molar-refractivity contribution is 5.73. The fraction of sp³-hybridized carbons (Fsp3) is 0.500. The summed E-state index contributed by atoms with van der Waals surface area (Å²) in [5.74, 6) is -0.503. The van der Waals surface area contributed by atoms with Crippen LogP contribution in [0.4, 0.5) is 0 Å². The van der Waals surface area contributed by atoms with Crippen molar-refractivity contribution in [2.24, 2.45) is 5.92 Å². The molecule has 0 radical (unpaired) electrons. The highest BCUT2D eigenvalue weighted by Gasteiger charge is 2.20. The molecule has 0 aromatic heterocycles. The van der Waals surface area contributed by atoms with Gasteiger partial charge in [-0.05, 0) is 36.5 Å². The van der Waals surface area contributed by atoms with Gasteiger partial charge < -0.3 is 15.5 Å². The van der Waals surface area contributed by atoms with Gasteiger partial charge in [-0.15, -0.1) is 0 Å². The molecule has 0 aliphatic carbocycles. The van der Waals surface area contributed by atoms with E-state index in [-0.39, 0.29) is 5.92 Å². The number of nitrogens with one attached hydrogen (secondary N) is 1. The molecule has 4 heteroatoms. The van der Waals surface area contributed by atoms with Crippen LogP contribution in [-0.4, -0.2) is 22.2 Å². The zero-order chi connectivity index (χ0) is 13.9. The summed E-state index contributed by atoms with van der Waals surface area (Å²) in [6.07, 6.45) is 0. The van der Waals surface area contributed by atoms with Crippen LogP contribution in [0.5, 0.6) is 5.75 Å². The van der Waals surface area contributed by atoms with Gasteiger partial charge in [-0.25, -0.2) is 0 Å². The van der Waals surface area contributed by atoms with Crippen LogP contribution < -0.4 is 5.32 Å². The molecule has 3 N–H and O–H groups in total. The number of hydrogen-bond acceptors (Lipinski definition) is 3. The molecule has 0 aliphatic heterocycles. The van der Waals surface area contributed by atoms with Crippen LogP contribution in [0.15, 0.2) is 12.1 Å². The van der Waals surface area contributed by atoms with Crippen LogP contribution in [0.3, 0.4) is 0 Å². The van der Waals surface area contributed by atoms with E-state index >= 15 is 0 Å². The minimum Gasteiger partial charge on any atom is -0.507 e. The minimum atomic E-state index is -0.836. The summed E-state index contributed by atoms with van der Waals surface area (Å²) in [4.78, 5) is 11.0. The van der Waals surface area contributed by atoms with Crippen molar-refractivity contribution in [2.75, 3.05) is 0 Å². The molecule has 100 valence electrons. The number of phenols is 1. The first-order valence-corrected chi connectivity index (χ1v) is 6.08. The number of rotatable bonds is 5. The quantitative estimate of drug-likeness (QED) is 0.750. The number of aliphatic carboxylic acids is 1. The Labute approximate surface area is 108 Å². The Kier molecular flexibility index (Phi) is 4.73. The topological polar surface area (TPSA) is 69.6 Å². The van der Waals surface area contributed by atoms with Gasteiger partial charge in [-0.3, -0.25) is 4.79 Å². The van der Waals surface area contributed by atoms with Crippen LogP contribution >= 0.6 is 0 Å². The third-order valence-corrected chi connectivity index (χ3v) is 3.01. The second-order valence-electron chi connectivity index (χ2n) is 5.02. The Balaban J connectivity index is 2.77. The van der Waals surface area contributed by atoms with E-state index in [2.05, 4.69) is 5.32 Å². The van der Waals surface area contributed by atoms with E-state index in [1.807, 2.05) is 39.8 Å². The summed E-state index contributed by atoms with van der Waals surface area (Å²) in [6.45, 7) is 7.90. The lowest BCUT2D eigenvalue weighted by Gasteiger charge is -2.18.